The van der Waals surface area contributed by atoms with Crippen molar-refractivity contribution in [3.8, 4) is 0 Å². The highest BCUT2D eigenvalue weighted by Crippen LogP contribution is 2.30. The number of rotatable bonds is 3. The van der Waals surface area contributed by atoms with Crippen molar-refractivity contribution < 1.29 is 0 Å². The quantitative estimate of drug-likeness (QED) is 0.269. The number of hydrogen-bond acceptors (Lipinski definition) is 3. The molecule has 3 aromatic carbocycles. The van der Waals surface area contributed by atoms with Gasteiger partial charge in [0.15, 0.2) is 0 Å². The number of nitrogens with one attached hydrogen (secondary N) is 1. The number of benzene rings is 3. The standard InChI is InChI=1S/C20H13Cl2N3/c21-16-10-9-13(11-17(16)22)12-23-25-20-14-5-1-3-7-18(14)24-19-8-4-2-6-15(19)20/h1-12H,(H,24,25). The highest BCUT2D eigenvalue weighted by molar-refractivity contribution is 6.42. The molecular weight excluding hydrogens is 353 g/mol. The Hall–Kier alpha value is -2.62. The lowest BCUT2D eigenvalue weighted by molar-refractivity contribution is 1.36. The molecule has 1 heterocycles. The minimum atomic E-state index is 0.505. The first-order valence-corrected chi connectivity index (χ1v) is 8.49. The fourth-order valence-corrected chi connectivity index (χ4v) is 3.03. The summed E-state index contributed by atoms with van der Waals surface area (Å²) in [4.78, 5) is 4.70. The zero-order valence-electron chi connectivity index (χ0n) is 13.1. The molecule has 0 atom stereocenters. The van der Waals surface area contributed by atoms with E-state index in [9.17, 15) is 0 Å². The number of pyridine rings is 1. The van der Waals surface area contributed by atoms with Crippen molar-refractivity contribution in [3.05, 3.63) is 82.3 Å². The first kappa shape index (κ1) is 15.9. The van der Waals surface area contributed by atoms with Crippen molar-refractivity contribution in [3.63, 3.8) is 0 Å². The van der Waals surface area contributed by atoms with Gasteiger partial charge in [0, 0.05) is 10.8 Å². The maximum atomic E-state index is 6.04. The van der Waals surface area contributed by atoms with E-state index in [2.05, 4.69) is 10.5 Å². The maximum absolute atomic E-state index is 6.04. The number of halogens is 2. The van der Waals surface area contributed by atoms with Gasteiger partial charge in [0.1, 0.15) is 0 Å². The lowest BCUT2D eigenvalue weighted by atomic mass is 10.1. The van der Waals surface area contributed by atoms with E-state index in [0.717, 1.165) is 33.1 Å². The van der Waals surface area contributed by atoms with Gasteiger partial charge in [0.05, 0.1) is 33.0 Å². The van der Waals surface area contributed by atoms with Gasteiger partial charge >= 0.3 is 0 Å². The van der Waals surface area contributed by atoms with Crippen LogP contribution in [0.1, 0.15) is 5.56 Å². The van der Waals surface area contributed by atoms with Gasteiger partial charge < -0.3 is 0 Å². The molecule has 1 N–H and O–H groups in total. The molecule has 0 saturated carbocycles. The van der Waals surface area contributed by atoms with Gasteiger partial charge in [-0.15, -0.1) is 0 Å². The van der Waals surface area contributed by atoms with Gasteiger partial charge in [-0.1, -0.05) is 65.7 Å². The van der Waals surface area contributed by atoms with E-state index in [4.69, 9.17) is 28.2 Å². The van der Waals surface area contributed by atoms with E-state index in [-0.39, 0.29) is 0 Å². The molecule has 0 spiro atoms. The minimum absolute atomic E-state index is 0.505. The van der Waals surface area contributed by atoms with Gasteiger partial charge in [-0.2, -0.15) is 5.10 Å². The number of anilines is 1. The first-order chi connectivity index (χ1) is 12.2. The lowest BCUT2D eigenvalue weighted by Crippen LogP contribution is -1.95. The maximum Gasteiger partial charge on any atom is 0.0749 e. The molecule has 4 aromatic rings. The van der Waals surface area contributed by atoms with Crippen molar-refractivity contribution in [2.45, 2.75) is 0 Å². The zero-order chi connectivity index (χ0) is 17.2. The van der Waals surface area contributed by atoms with Crippen LogP contribution in [0.25, 0.3) is 21.8 Å². The number of para-hydroxylation sites is 2. The molecule has 0 aliphatic heterocycles. The topological polar surface area (TPSA) is 37.3 Å². The Bertz CT molecular complexity index is 1050. The van der Waals surface area contributed by atoms with Crippen LogP contribution in [0.3, 0.4) is 0 Å². The molecule has 0 saturated heterocycles. The summed E-state index contributed by atoms with van der Waals surface area (Å²) >= 11 is 12.0. The molecule has 1 aromatic heterocycles. The van der Waals surface area contributed by atoms with E-state index >= 15 is 0 Å². The molecule has 0 bridgehead atoms. The third kappa shape index (κ3) is 3.16. The van der Waals surface area contributed by atoms with E-state index in [1.165, 1.54) is 0 Å². The van der Waals surface area contributed by atoms with Gasteiger partial charge in [-0.25, -0.2) is 4.98 Å². The summed E-state index contributed by atoms with van der Waals surface area (Å²) < 4.78 is 0. The molecule has 0 amide bonds. The Labute approximate surface area is 154 Å². The molecular formula is C20H13Cl2N3. The van der Waals surface area contributed by atoms with Crippen molar-refractivity contribution in [2.75, 3.05) is 5.43 Å². The Kier molecular flexibility index (Phi) is 4.26. The second kappa shape index (κ2) is 6.71. The fraction of sp³-hybridized carbons (Fsp3) is 0. The van der Waals surface area contributed by atoms with Crippen LogP contribution in [0.4, 0.5) is 5.69 Å². The van der Waals surface area contributed by atoms with Crippen molar-refractivity contribution in [2.24, 2.45) is 5.10 Å². The summed E-state index contributed by atoms with van der Waals surface area (Å²) in [6, 6.07) is 21.4. The van der Waals surface area contributed by atoms with Crippen LogP contribution in [-0.2, 0) is 0 Å². The van der Waals surface area contributed by atoms with Crippen LogP contribution in [0.15, 0.2) is 71.8 Å². The summed E-state index contributed by atoms with van der Waals surface area (Å²) in [5, 5.41) is 7.45. The van der Waals surface area contributed by atoms with Crippen molar-refractivity contribution >= 4 is 56.9 Å². The number of hydrazone groups is 1. The van der Waals surface area contributed by atoms with Gasteiger partial charge in [0.25, 0.3) is 0 Å². The highest BCUT2D eigenvalue weighted by atomic mass is 35.5. The first-order valence-electron chi connectivity index (χ1n) is 7.74. The molecule has 3 nitrogen and oxygen atoms in total. The minimum Gasteiger partial charge on any atom is -0.277 e. The number of nitrogens with zero attached hydrogens (tertiary/aromatic N) is 2. The van der Waals surface area contributed by atoms with Gasteiger partial charge in [-0.05, 0) is 29.8 Å². The predicted octanol–water partition coefficient (Wildman–Crippen LogP) is 6.14. The Morgan fingerprint density at radius 3 is 2.08 bits per heavy atom. The summed E-state index contributed by atoms with van der Waals surface area (Å²) in [7, 11) is 0. The molecule has 0 aliphatic carbocycles. The van der Waals surface area contributed by atoms with Gasteiger partial charge in [0.2, 0.25) is 0 Å². The third-order valence-corrected chi connectivity index (χ3v) is 4.66. The molecule has 0 radical (unpaired) electrons. The van der Waals surface area contributed by atoms with Crippen molar-refractivity contribution in [1.82, 2.24) is 4.98 Å². The highest BCUT2D eigenvalue weighted by Gasteiger charge is 2.07. The second-order valence-corrected chi connectivity index (χ2v) is 6.38. The molecule has 25 heavy (non-hydrogen) atoms. The van der Waals surface area contributed by atoms with Crippen LogP contribution in [-0.4, -0.2) is 11.2 Å². The molecule has 122 valence electrons. The van der Waals surface area contributed by atoms with Crippen LogP contribution in [0.5, 0.6) is 0 Å². The largest absolute Gasteiger partial charge is 0.277 e. The second-order valence-electron chi connectivity index (χ2n) is 5.56. The smallest absolute Gasteiger partial charge is 0.0749 e. The third-order valence-electron chi connectivity index (χ3n) is 3.92. The Morgan fingerprint density at radius 1 is 0.800 bits per heavy atom. The molecule has 0 fully saturated rings. The average molecular weight is 366 g/mol. The molecule has 0 unspecified atom stereocenters. The Balaban J connectivity index is 1.76. The number of fused-ring (bicyclic) bond motifs is 2. The van der Waals surface area contributed by atoms with Crippen LogP contribution >= 0.6 is 23.2 Å². The van der Waals surface area contributed by atoms with Crippen LogP contribution in [0, 0.1) is 0 Å². The van der Waals surface area contributed by atoms with Crippen LogP contribution < -0.4 is 5.43 Å². The Morgan fingerprint density at radius 2 is 1.44 bits per heavy atom. The van der Waals surface area contributed by atoms with E-state index in [0.29, 0.717) is 10.0 Å². The average Bonchev–Trinajstić information content (AvgIpc) is 2.64. The predicted molar refractivity (Wildman–Crippen MR) is 107 cm³/mol. The SMILES string of the molecule is Clc1ccc(C=NNc2c3ccccc3nc3ccccc23)cc1Cl. The summed E-state index contributed by atoms with van der Waals surface area (Å²) in [5.41, 5.74) is 6.81. The fourth-order valence-electron chi connectivity index (χ4n) is 2.72. The summed E-state index contributed by atoms with van der Waals surface area (Å²) in [6.45, 7) is 0. The summed E-state index contributed by atoms with van der Waals surface area (Å²) in [5.74, 6) is 0. The van der Waals surface area contributed by atoms with E-state index in [1.807, 2.05) is 54.6 Å². The zero-order valence-corrected chi connectivity index (χ0v) is 14.6. The molecule has 4 rings (SSSR count). The monoisotopic (exact) mass is 365 g/mol. The molecule has 0 aliphatic rings. The number of aromatic nitrogens is 1. The normalized spacial score (nSPS) is 11.4. The van der Waals surface area contributed by atoms with Gasteiger partial charge in [-0.3, -0.25) is 5.43 Å². The number of hydrogen-bond donors (Lipinski definition) is 1. The van der Waals surface area contributed by atoms with Crippen molar-refractivity contribution in [1.29, 1.82) is 0 Å². The van der Waals surface area contributed by atoms with E-state index < -0.39 is 0 Å². The van der Waals surface area contributed by atoms with E-state index in [1.54, 1.807) is 18.3 Å². The molecule has 5 heteroatoms. The van der Waals surface area contributed by atoms with Crippen LogP contribution in [0.2, 0.25) is 10.0 Å². The summed E-state index contributed by atoms with van der Waals surface area (Å²) in [6.07, 6.45) is 1.71. The lowest BCUT2D eigenvalue weighted by Gasteiger charge is -2.09.